The van der Waals surface area contributed by atoms with Crippen LogP contribution in [0.5, 0.6) is 11.5 Å². The summed E-state index contributed by atoms with van der Waals surface area (Å²) in [7, 11) is 0. The number of benzene rings is 3. The van der Waals surface area contributed by atoms with Gasteiger partial charge in [0, 0.05) is 10.6 Å². The first kappa shape index (κ1) is 20.2. The van der Waals surface area contributed by atoms with Crippen molar-refractivity contribution in [3.8, 4) is 11.5 Å². The van der Waals surface area contributed by atoms with Gasteiger partial charge in [-0.1, -0.05) is 59.3 Å². The van der Waals surface area contributed by atoms with Gasteiger partial charge in [0.25, 0.3) is 5.91 Å². The third-order valence-corrected chi connectivity index (χ3v) is 5.55. The van der Waals surface area contributed by atoms with Crippen LogP contribution in [0.2, 0.25) is 5.02 Å². The summed E-state index contributed by atoms with van der Waals surface area (Å²) < 4.78 is 5.97. The van der Waals surface area contributed by atoms with Crippen LogP contribution in [-0.2, 0) is 4.79 Å². The fourth-order valence-corrected chi connectivity index (χ4v) is 3.92. The van der Waals surface area contributed by atoms with Crippen molar-refractivity contribution < 1.29 is 14.3 Å². The number of anilines is 1. The van der Waals surface area contributed by atoms with Crippen LogP contribution >= 0.6 is 23.4 Å². The Morgan fingerprint density at radius 1 is 1.07 bits per heavy atom. The Kier molecular flexibility index (Phi) is 5.88. The highest BCUT2D eigenvalue weighted by Crippen LogP contribution is 2.38. The van der Waals surface area contributed by atoms with Crippen LogP contribution in [0.4, 0.5) is 5.69 Å². The van der Waals surface area contributed by atoms with Gasteiger partial charge in [-0.3, -0.25) is 14.5 Å². The molecule has 3 aromatic rings. The van der Waals surface area contributed by atoms with Gasteiger partial charge in [-0.2, -0.15) is 4.99 Å². The number of rotatable bonds is 4. The minimum atomic E-state index is -0.412. The Hall–Kier alpha value is -3.09. The molecule has 0 atom stereocenters. The lowest BCUT2D eigenvalue weighted by molar-refractivity contribution is -0.115. The zero-order valence-corrected chi connectivity index (χ0v) is 17.6. The summed E-state index contributed by atoms with van der Waals surface area (Å²) in [5.41, 5.74) is 1.95. The van der Waals surface area contributed by atoms with Gasteiger partial charge in [-0.25, -0.2) is 0 Å². The fourth-order valence-electron chi connectivity index (χ4n) is 2.90. The maximum Gasteiger partial charge on any atom is 0.279 e. The number of carbonyl (C=O) groups excluding carboxylic acids is 2. The van der Waals surface area contributed by atoms with E-state index in [1.54, 1.807) is 30.3 Å². The molecule has 0 radical (unpaired) electrons. The molecule has 0 aliphatic carbocycles. The summed E-state index contributed by atoms with van der Waals surface area (Å²) in [6.45, 7) is 1.95. The molecule has 0 saturated carbocycles. The van der Waals surface area contributed by atoms with Crippen molar-refractivity contribution in [2.45, 2.75) is 6.92 Å². The summed E-state index contributed by atoms with van der Waals surface area (Å²) in [6, 6.07) is 21.4. The number of para-hydroxylation sites is 1. The van der Waals surface area contributed by atoms with E-state index < -0.39 is 5.91 Å². The Bertz CT molecular complexity index is 1130. The zero-order chi connectivity index (χ0) is 21.1. The highest BCUT2D eigenvalue weighted by molar-refractivity contribution is 8.15. The van der Waals surface area contributed by atoms with Crippen molar-refractivity contribution in [3.63, 3.8) is 0 Å². The molecule has 1 heterocycles. The van der Waals surface area contributed by atoms with Gasteiger partial charge < -0.3 is 4.74 Å². The number of carbonyl (C=O) groups is 2. The summed E-state index contributed by atoms with van der Waals surface area (Å²) in [5.74, 6) is 0.629. The van der Waals surface area contributed by atoms with Crippen LogP contribution in [0.1, 0.15) is 15.9 Å². The molecule has 1 saturated heterocycles. The molecule has 7 heteroatoms. The number of aryl methyl sites for hydroxylation is 1. The average molecular weight is 437 g/mol. The van der Waals surface area contributed by atoms with Crippen LogP contribution in [0.25, 0.3) is 0 Å². The van der Waals surface area contributed by atoms with Crippen LogP contribution in [0.3, 0.4) is 0 Å². The van der Waals surface area contributed by atoms with Gasteiger partial charge in [0.15, 0.2) is 10.9 Å². The van der Waals surface area contributed by atoms with E-state index in [-0.39, 0.29) is 11.7 Å². The first-order valence-electron chi connectivity index (χ1n) is 9.19. The second-order valence-electron chi connectivity index (χ2n) is 6.61. The van der Waals surface area contributed by atoms with Crippen molar-refractivity contribution >= 4 is 46.0 Å². The third-order valence-electron chi connectivity index (χ3n) is 4.39. The molecule has 0 N–H and O–H groups in total. The van der Waals surface area contributed by atoms with E-state index in [0.717, 1.165) is 5.56 Å². The molecule has 0 aromatic heterocycles. The number of thioether (sulfide) groups is 1. The smallest absolute Gasteiger partial charge is 0.279 e. The molecule has 0 spiro atoms. The molecule has 1 aliphatic heterocycles. The zero-order valence-electron chi connectivity index (χ0n) is 16.0. The van der Waals surface area contributed by atoms with Crippen LogP contribution in [-0.4, -0.2) is 22.7 Å². The second kappa shape index (κ2) is 8.73. The highest BCUT2D eigenvalue weighted by Gasteiger charge is 2.33. The fraction of sp³-hybridized carbons (Fsp3) is 0.0870. The largest absolute Gasteiger partial charge is 0.455 e. The monoisotopic (exact) mass is 436 g/mol. The number of amides is 2. The minimum absolute atomic E-state index is 0.178. The highest BCUT2D eigenvalue weighted by atomic mass is 35.5. The number of ether oxygens (including phenoxy) is 1. The number of nitrogens with zero attached hydrogens (tertiary/aromatic N) is 2. The first-order chi connectivity index (χ1) is 14.5. The molecule has 3 aromatic carbocycles. The average Bonchev–Trinajstić information content (AvgIpc) is 3.10. The quantitative estimate of drug-likeness (QED) is 0.525. The van der Waals surface area contributed by atoms with Gasteiger partial charge in [0.1, 0.15) is 5.75 Å². The molecule has 0 bridgehead atoms. The van der Waals surface area contributed by atoms with Crippen molar-refractivity contribution in [1.82, 2.24) is 0 Å². The molecule has 1 fully saturated rings. The van der Waals surface area contributed by atoms with Crippen LogP contribution in [0.15, 0.2) is 77.8 Å². The number of halogens is 1. The standard InChI is InChI=1S/C23H17ClN2O3S/c1-15-7-9-16(10-8-15)22(28)25-23-26(21(27)14-30-23)19-13-17(24)11-12-20(19)29-18-5-3-2-4-6-18/h2-13H,14H2,1H3. The van der Waals surface area contributed by atoms with Crippen molar-refractivity contribution in [3.05, 3.63) is 88.9 Å². The third kappa shape index (κ3) is 4.40. The van der Waals surface area contributed by atoms with Gasteiger partial charge in [-0.15, -0.1) is 0 Å². The lowest BCUT2D eigenvalue weighted by Crippen LogP contribution is -2.30. The van der Waals surface area contributed by atoms with E-state index in [9.17, 15) is 9.59 Å². The van der Waals surface area contributed by atoms with E-state index in [4.69, 9.17) is 16.3 Å². The first-order valence-corrected chi connectivity index (χ1v) is 10.6. The molecule has 4 rings (SSSR count). The Morgan fingerprint density at radius 3 is 2.53 bits per heavy atom. The number of aliphatic imine (C=N–C) groups is 1. The Balaban J connectivity index is 1.70. The van der Waals surface area contributed by atoms with Crippen LogP contribution in [0, 0.1) is 6.92 Å². The maximum absolute atomic E-state index is 12.7. The maximum atomic E-state index is 12.7. The lowest BCUT2D eigenvalue weighted by Gasteiger charge is -2.20. The lowest BCUT2D eigenvalue weighted by atomic mass is 10.1. The predicted octanol–water partition coefficient (Wildman–Crippen LogP) is 5.72. The number of hydrogen-bond donors (Lipinski definition) is 0. The molecule has 1 aliphatic rings. The molecular weight excluding hydrogens is 420 g/mol. The van der Waals surface area contributed by atoms with E-state index in [2.05, 4.69) is 4.99 Å². The van der Waals surface area contributed by atoms with Gasteiger partial charge in [0.05, 0.1) is 11.4 Å². The molecule has 5 nitrogen and oxygen atoms in total. The number of amidine groups is 1. The minimum Gasteiger partial charge on any atom is -0.455 e. The molecule has 0 unspecified atom stereocenters. The molecule has 150 valence electrons. The second-order valence-corrected chi connectivity index (χ2v) is 7.99. The summed E-state index contributed by atoms with van der Waals surface area (Å²) in [4.78, 5) is 30.9. The van der Waals surface area contributed by atoms with Crippen molar-refractivity contribution in [2.75, 3.05) is 10.7 Å². The summed E-state index contributed by atoms with van der Waals surface area (Å²) in [6.07, 6.45) is 0. The van der Waals surface area contributed by atoms with E-state index in [1.165, 1.54) is 16.7 Å². The summed E-state index contributed by atoms with van der Waals surface area (Å²) >= 11 is 7.41. The van der Waals surface area contributed by atoms with E-state index >= 15 is 0 Å². The van der Waals surface area contributed by atoms with Crippen molar-refractivity contribution in [2.24, 2.45) is 4.99 Å². The predicted molar refractivity (Wildman–Crippen MR) is 121 cm³/mol. The van der Waals surface area contributed by atoms with Crippen LogP contribution < -0.4 is 9.64 Å². The number of hydrogen-bond acceptors (Lipinski definition) is 4. The van der Waals surface area contributed by atoms with E-state index in [1.807, 2.05) is 49.4 Å². The topological polar surface area (TPSA) is 59.0 Å². The van der Waals surface area contributed by atoms with Gasteiger partial charge >= 0.3 is 0 Å². The SMILES string of the molecule is Cc1ccc(C(=O)N=C2SCC(=O)N2c2cc(Cl)ccc2Oc2ccccc2)cc1. The van der Waals surface area contributed by atoms with Gasteiger partial charge in [-0.05, 0) is 49.4 Å². The van der Waals surface area contributed by atoms with Gasteiger partial charge in [0.2, 0.25) is 5.91 Å². The van der Waals surface area contributed by atoms with E-state index in [0.29, 0.717) is 32.9 Å². The molecular formula is C23H17ClN2O3S. The Labute approximate surface area is 183 Å². The normalized spacial score (nSPS) is 14.9. The van der Waals surface area contributed by atoms with Crippen molar-refractivity contribution in [1.29, 1.82) is 0 Å². The molecule has 30 heavy (non-hydrogen) atoms. The Morgan fingerprint density at radius 2 is 1.80 bits per heavy atom. The summed E-state index contributed by atoms with van der Waals surface area (Å²) in [5, 5.41) is 0.741. The molecule has 2 amide bonds.